The number of primary sulfonamides is 1. The lowest BCUT2D eigenvalue weighted by Gasteiger charge is -2.21. The molecule has 3 N–H and O–H groups in total. The number of nitrogens with two attached hydrogens (primary N) is 1. The summed E-state index contributed by atoms with van der Waals surface area (Å²) in [5.41, 5.74) is 1.01. The lowest BCUT2D eigenvalue weighted by molar-refractivity contribution is 0.171. The first-order chi connectivity index (χ1) is 8.96. The van der Waals surface area contributed by atoms with Gasteiger partial charge in [-0.25, -0.2) is 13.6 Å². The second-order valence-electron chi connectivity index (χ2n) is 4.45. The predicted molar refractivity (Wildman–Crippen MR) is 71.8 cm³/mol. The van der Waals surface area contributed by atoms with Crippen LogP contribution >= 0.6 is 0 Å². The quantitative estimate of drug-likeness (QED) is 0.817. The van der Waals surface area contributed by atoms with Crippen LogP contribution in [0.15, 0.2) is 18.2 Å². The highest BCUT2D eigenvalue weighted by atomic mass is 32.2. The monoisotopic (exact) mass is 286 g/mol. The number of benzene rings is 1. The third-order valence-electron chi connectivity index (χ3n) is 2.90. The molecular formula is C12H18N2O4S. The summed E-state index contributed by atoms with van der Waals surface area (Å²) in [5, 5.41) is 8.05. The van der Waals surface area contributed by atoms with Gasteiger partial charge in [0.1, 0.15) is 13.2 Å². The first-order valence-electron chi connectivity index (χ1n) is 6.09. The van der Waals surface area contributed by atoms with Crippen LogP contribution in [0.2, 0.25) is 0 Å². The van der Waals surface area contributed by atoms with Gasteiger partial charge in [-0.3, -0.25) is 0 Å². The van der Waals surface area contributed by atoms with E-state index in [2.05, 4.69) is 5.32 Å². The summed E-state index contributed by atoms with van der Waals surface area (Å²) in [6.07, 6.45) is 0. The molecule has 0 bridgehead atoms. The fourth-order valence-electron chi connectivity index (χ4n) is 1.86. The van der Waals surface area contributed by atoms with Crippen molar-refractivity contribution in [3.8, 4) is 11.5 Å². The summed E-state index contributed by atoms with van der Waals surface area (Å²) in [4.78, 5) is 0. The maximum atomic E-state index is 10.8. The minimum atomic E-state index is -3.42. The number of fused-ring (bicyclic) bond motifs is 1. The second-order valence-corrected chi connectivity index (χ2v) is 6.18. The van der Waals surface area contributed by atoms with Crippen molar-refractivity contribution in [2.75, 3.05) is 25.5 Å². The van der Waals surface area contributed by atoms with Crippen LogP contribution in [-0.2, 0) is 10.0 Å². The van der Waals surface area contributed by atoms with Crippen LogP contribution in [0.1, 0.15) is 18.5 Å². The lowest BCUT2D eigenvalue weighted by Crippen LogP contribution is -2.29. The Morgan fingerprint density at radius 1 is 1.32 bits per heavy atom. The average molecular weight is 286 g/mol. The molecule has 1 atom stereocenters. The molecule has 0 radical (unpaired) electrons. The summed E-state index contributed by atoms with van der Waals surface area (Å²) >= 11 is 0. The molecule has 7 heteroatoms. The smallest absolute Gasteiger partial charge is 0.210 e. The fourth-order valence-corrected chi connectivity index (χ4v) is 2.27. The van der Waals surface area contributed by atoms with Crippen molar-refractivity contribution >= 4 is 10.0 Å². The zero-order valence-corrected chi connectivity index (χ0v) is 11.6. The Hall–Kier alpha value is -1.31. The van der Waals surface area contributed by atoms with Crippen LogP contribution in [0.5, 0.6) is 11.5 Å². The molecular weight excluding hydrogens is 268 g/mol. The van der Waals surface area contributed by atoms with Crippen LogP contribution in [0.3, 0.4) is 0 Å². The molecule has 0 saturated heterocycles. The highest BCUT2D eigenvalue weighted by Gasteiger charge is 2.14. The van der Waals surface area contributed by atoms with Gasteiger partial charge < -0.3 is 14.8 Å². The van der Waals surface area contributed by atoms with Gasteiger partial charge in [0, 0.05) is 12.6 Å². The third-order valence-corrected chi connectivity index (χ3v) is 3.68. The molecule has 1 heterocycles. The Morgan fingerprint density at radius 3 is 2.68 bits per heavy atom. The molecule has 19 heavy (non-hydrogen) atoms. The molecule has 0 amide bonds. The van der Waals surface area contributed by atoms with Crippen LogP contribution in [0.25, 0.3) is 0 Å². The van der Waals surface area contributed by atoms with E-state index in [0.29, 0.717) is 19.8 Å². The van der Waals surface area contributed by atoms with E-state index in [1.165, 1.54) is 0 Å². The second kappa shape index (κ2) is 5.77. The van der Waals surface area contributed by atoms with E-state index in [1.54, 1.807) is 0 Å². The normalized spacial score (nSPS) is 16.1. The van der Waals surface area contributed by atoms with Crippen molar-refractivity contribution in [2.45, 2.75) is 13.0 Å². The van der Waals surface area contributed by atoms with Crippen molar-refractivity contribution in [2.24, 2.45) is 5.14 Å². The molecule has 1 aliphatic rings. The molecule has 0 fully saturated rings. The Balaban J connectivity index is 1.97. The van der Waals surface area contributed by atoms with Gasteiger partial charge in [-0.15, -0.1) is 0 Å². The molecule has 1 aliphatic heterocycles. The van der Waals surface area contributed by atoms with Gasteiger partial charge in [-0.05, 0) is 24.6 Å². The first kappa shape index (κ1) is 14.1. The van der Waals surface area contributed by atoms with Gasteiger partial charge in [-0.2, -0.15) is 0 Å². The maximum absolute atomic E-state index is 10.8. The Bertz CT molecular complexity index is 545. The molecule has 106 valence electrons. The van der Waals surface area contributed by atoms with E-state index >= 15 is 0 Å². The van der Waals surface area contributed by atoms with Crippen molar-refractivity contribution in [3.63, 3.8) is 0 Å². The Morgan fingerprint density at radius 2 is 2.00 bits per heavy atom. The van der Waals surface area contributed by atoms with Crippen LogP contribution < -0.4 is 19.9 Å². The summed E-state index contributed by atoms with van der Waals surface area (Å²) in [6.45, 7) is 3.38. The molecule has 0 spiro atoms. The van der Waals surface area contributed by atoms with E-state index < -0.39 is 10.0 Å². The number of hydrogen-bond donors (Lipinski definition) is 2. The van der Waals surface area contributed by atoms with Gasteiger partial charge in [0.25, 0.3) is 0 Å². The Labute approximate surface area is 112 Å². The average Bonchev–Trinajstić information content (AvgIpc) is 2.36. The van der Waals surface area contributed by atoms with E-state index in [9.17, 15) is 8.42 Å². The maximum Gasteiger partial charge on any atom is 0.210 e. The van der Waals surface area contributed by atoms with Gasteiger partial charge in [0.15, 0.2) is 11.5 Å². The Kier molecular flexibility index (Phi) is 4.28. The van der Waals surface area contributed by atoms with Crippen molar-refractivity contribution in [1.82, 2.24) is 5.32 Å². The van der Waals surface area contributed by atoms with Crippen LogP contribution in [0.4, 0.5) is 0 Å². The van der Waals surface area contributed by atoms with Crippen molar-refractivity contribution < 1.29 is 17.9 Å². The van der Waals surface area contributed by atoms with Gasteiger partial charge in [0.2, 0.25) is 10.0 Å². The predicted octanol–water partition coefficient (Wildman–Crippen LogP) is 0.397. The summed E-state index contributed by atoms with van der Waals surface area (Å²) < 4.78 is 32.6. The number of rotatable bonds is 5. The summed E-state index contributed by atoms with van der Waals surface area (Å²) in [5.74, 6) is 1.39. The first-order valence-corrected chi connectivity index (χ1v) is 7.81. The molecule has 1 aromatic carbocycles. The fraction of sp³-hybridized carbons (Fsp3) is 0.500. The molecule has 1 unspecified atom stereocenters. The van der Waals surface area contributed by atoms with Gasteiger partial charge in [-0.1, -0.05) is 6.07 Å². The van der Waals surface area contributed by atoms with E-state index in [0.717, 1.165) is 17.1 Å². The minimum absolute atomic E-state index is 0.0116. The molecule has 2 rings (SSSR count). The molecule has 0 aliphatic carbocycles. The molecule has 1 aromatic rings. The lowest BCUT2D eigenvalue weighted by atomic mass is 10.1. The van der Waals surface area contributed by atoms with Crippen molar-refractivity contribution in [3.05, 3.63) is 23.8 Å². The highest BCUT2D eigenvalue weighted by molar-refractivity contribution is 7.89. The largest absolute Gasteiger partial charge is 0.486 e. The number of nitrogens with one attached hydrogen (secondary N) is 1. The molecule has 0 aromatic heterocycles. The SMILES string of the molecule is CC(NCCS(N)(=O)=O)c1ccc2c(c1)OCCO2. The molecule has 6 nitrogen and oxygen atoms in total. The van der Waals surface area contributed by atoms with Gasteiger partial charge in [0.05, 0.1) is 5.75 Å². The third kappa shape index (κ3) is 4.09. The van der Waals surface area contributed by atoms with Crippen LogP contribution in [-0.4, -0.2) is 33.9 Å². The number of hydrogen-bond acceptors (Lipinski definition) is 5. The van der Waals surface area contributed by atoms with E-state index in [4.69, 9.17) is 14.6 Å². The standard InChI is InChI=1S/C12H18N2O4S/c1-9(14-4-7-19(13,15)16)10-2-3-11-12(8-10)18-6-5-17-11/h2-3,8-9,14H,4-7H2,1H3,(H2,13,15,16). The van der Waals surface area contributed by atoms with Gasteiger partial charge >= 0.3 is 0 Å². The van der Waals surface area contributed by atoms with Crippen LogP contribution in [0, 0.1) is 0 Å². The summed E-state index contributed by atoms with van der Waals surface area (Å²) in [7, 11) is -3.42. The van der Waals surface area contributed by atoms with E-state index in [-0.39, 0.29) is 11.8 Å². The van der Waals surface area contributed by atoms with E-state index in [1.807, 2.05) is 25.1 Å². The zero-order valence-electron chi connectivity index (χ0n) is 10.8. The highest BCUT2D eigenvalue weighted by Crippen LogP contribution is 2.32. The topological polar surface area (TPSA) is 90.7 Å². The van der Waals surface area contributed by atoms with Crippen molar-refractivity contribution in [1.29, 1.82) is 0 Å². The zero-order chi connectivity index (χ0) is 13.9. The molecule has 0 saturated carbocycles. The summed E-state index contributed by atoms with van der Waals surface area (Å²) in [6, 6.07) is 5.71. The number of ether oxygens (including phenoxy) is 2. The minimum Gasteiger partial charge on any atom is -0.486 e. The number of sulfonamides is 1.